The van der Waals surface area contributed by atoms with Crippen molar-refractivity contribution in [1.82, 2.24) is 0 Å². The Morgan fingerprint density at radius 2 is 1.86 bits per heavy atom. The van der Waals surface area contributed by atoms with E-state index in [4.69, 9.17) is 14.2 Å². The molecule has 1 aliphatic rings. The number of phenolic OH excluding ortho intramolecular Hbond substituents is 1. The molecule has 3 rings (SSSR count). The number of fused-ring (bicyclic) bond motifs is 1. The zero-order valence-corrected chi connectivity index (χ0v) is 12.4. The Hall–Kier alpha value is -2.21. The van der Waals surface area contributed by atoms with Gasteiger partial charge >= 0.3 is 5.97 Å². The van der Waals surface area contributed by atoms with Crippen LogP contribution in [0.5, 0.6) is 17.2 Å². The minimum Gasteiger partial charge on any atom is -0.508 e. The Labute approximate surface area is 129 Å². The van der Waals surface area contributed by atoms with Crippen LogP contribution < -0.4 is 9.47 Å². The number of carbonyl (C=O) groups excluding carboxylic acids is 1. The van der Waals surface area contributed by atoms with E-state index in [0.29, 0.717) is 17.1 Å². The van der Waals surface area contributed by atoms with E-state index in [2.05, 4.69) is 15.9 Å². The molecule has 1 N–H and O–H groups in total. The molecule has 0 spiro atoms. The number of rotatable bonds is 3. The van der Waals surface area contributed by atoms with E-state index in [-0.39, 0.29) is 19.1 Å². The quantitative estimate of drug-likeness (QED) is 0.860. The number of esters is 1. The SMILES string of the molecule is O=C(OCc1cc2c(cc1Br)OCO2)c1ccc(O)cc1. The van der Waals surface area contributed by atoms with Gasteiger partial charge in [-0.25, -0.2) is 4.79 Å². The lowest BCUT2D eigenvalue weighted by molar-refractivity contribution is 0.0471. The van der Waals surface area contributed by atoms with Gasteiger partial charge in [-0.15, -0.1) is 0 Å². The van der Waals surface area contributed by atoms with E-state index in [9.17, 15) is 9.90 Å². The summed E-state index contributed by atoms with van der Waals surface area (Å²) in [6, 6.07) is 9.45. The fraction of sp³-hybridized carbons (Fsp3) is 0.133. The lowest BCUT2D eigenvalue weighted by atomic mass is 10.2. The highest BCUT2D eigenvalue weighted by molar-refractivity contribution is 9.10. The molecular weight excluding hydrogens is 340 g/mol. The number of aromatic hydroxyl groups is 1. The number of ether oxygens (including phenoxy) is 3. The van der Waals surface area contributed by atoms with E-state index in [1.54, 1.807) is 12.1 Å². The number of hydrogen-bond donors (Lipinski definition) is 1. The summed E-state index contributed by atoms with van der Waals surface area (Å²) in [5.74, 6) is 0.939. The molecule has 0 bridgehead atoms. The fourth-order valence-corrected chi connectivity index (χ4v) is 2.33. The van der Waals surface area contributed by atoms with Gasteiger partial charge in [0, 0.05) is 10.0 Å². The number of phenols is 1. The van der Waals surface area contributed by atoms with Crippen LogP contribution in [-0.2, 0) is 11.3 Å². The normalized spacial score (nSPS) is 12.2. The van der Waals surface area contributed by atoms with Crippen molar-refractivity contribution in [2.24, 2.45) is 0 Å². The van der Waals surface area contributed by atoms with E-state index in [1.807, 2.05) is 0 Å². The van der Waals surface area contributed by atoms with Gasteiger partial charge in [0.05, 0.1) is 5.56 Å². The van der Waals surface area contributed by atoms with E-state index in [1.165, 1.54) is 24.3 Å². The molecular formula is C15H11BrO5. The molecule has 21 heavy (non-hydrogen) atoms. The molecule has 2 aromatic rings. The molecule has 0 unspecified atom stereocenters. The first-order valence-electron chi connectivity index (χ1n) is 6.17. The first-order chi connectivity index (χ1) is 10.1. The maximum Gasteiger partial charge on any atom is 0.338 e. The summed E-state index contributed by atoms with van der Waals surface area (Å²) in [6.45, 7) is 0.301. The highest BCUT2D eigenvalue weighted by atomic mass is 79.9. The monoisotopic (exact) mass is 350 g/mol. The van der Waals surface area contributed by atoms with Crippen LogP contribution in [0.3, 0.4) is 0 Å². The average Bonchev–Trinajstić information content (AvgIpc) is 2.92. The predicted octanol–water partition coefficient (Wildman–Crippen LogP) is 3.24. The largest absolute Gasteiger partial charge is 0.508 e. The molecule has 6 heteroatoms. The van der Waals surface area contributed by atoms with Gasteiger partial charge in [-0.05, 0) is 36.4 Å². The molecule has 2 aromatic carbocycles. The molecule has 0 saturated heterocycles. The third-order valence-electron chi connectivity index (χ3n) is 3.00. The van der Waals surface area contributed by atoms with Crippen LogP contribution in [0.15, 0.2) is 40.9 Å². The third kappa shape index (κ3) is 2.95. The highest BCUT2D eigenvalue weighted by Crippen LogP contribution is 2.37. The standard InChI is InChI=1S/C15H11BrO5/c16-12-6-14-13(20-8-21-14)5-10(12)7-19-15(18)9-1-3-11(17)4-2-9/h1-6,17H,7-8H2. The second kappa shape index (κ2) is 5.65. The second-order valence-corrected chi connectivity index (χ2v) is 5.27. The summed E-state index contributed by atoms with van der Waals surface area (Å²) < 4.78 is 16.6. The van der Waals surface area contributed by atoms with Crippen molar-refractivity contribution in [3.05, 3.63) is 52.0 Å². The first-order valence-corrected chi connectivity index (χ1v) is 6.97. The van der Waals surface area contributed by atoms with Crippen LogP contribution in [0.2, 0.25) is 0 Å². The molecule has 0 saturated carbocycles. The van der Waals surface area contributed by atoms with E-state index in [0.717, 1.165) is 10.0 Å². The summed E-state index contributed by atoms with van der Waals surface area (Å²) in [7, 11) is 0. The average molecular weight is 351 g/mol. The molecule has 0 fully saturated rings. The van der Waals surface area contributed by atoms with Crippen LogP contribution >= 0.6 is 15.9 Å². The van der Waals surface area contributed by atoms with Gasteiger partial charge in [-0.2, -0.15) is 0 Å². The predicted molar refractivity (Wildman–Crippen MR) is 77.5 cm³/mol. The second-order valence-electron chi connectivity index (χ2n) is 4.42. The molecule has 0 atom stereocenters. The molecule has 5 nitrogen and oxygen atoms in total. The molecule has 0 aromatic heterocycles. The summed E-state index contributed by atoms with van der Waals surface area (Å²) in [5.41, 5.74) is 1.16. The van der Waals surface area contributed by atoms with Gasteiger partial charge in [0.25, 0.3) is 0 Å². The molecule has 0 amide bonds. The molecule has 0 aliphatic carbocycles. The minimum absolute atomic E-state index is 0.102. The van der Waals surface area contributed by atoms with Crippen molar-refractivity contribution < 1.29 is 24.1 Å². The number of carbonyl (C=O) groups is 1. The maximum absolute atomic E-state index is 11.9. The van der Waals surface area contributed by atoms with Gasteiger partial charge < -0.3 is 19.3 Å². The zero-order valence-electron chi connectivity index (χ0n) is 10.8. The summed E-state index contributed by atoms with van der Waals surface area (Å²) >= 11 is 3.41. The van der Waals surface area contributed by atoms with Crippen molar-refractivity contribution in [3.63, 3.8) is 0 Å². The first kappa shape index (κ1) is 13.8. The Kier molecular flexibility index (Phi) is 3.70. The van der Waals surface area contributed by atoms with Gasteiger partial charge in [0.15, 0.2) is 11.5 Å². The Morgan fingerprint density at radius 1 is 1.19 bits per heavy atom. The Bertz CT molecular complexity index is 681. The number of benzene rings is 2. The third-order valence-corrected chi connectivity index (χ3v) is 3.74. The van der Waals surface area contributed by atoms with Crippen molar-refractivity contribution in [3.8, 4) is 17.2 Å². The van der Waals surface area contributed by atoms with Crippen LogP contribution in [0.1, 0.15) is 15.9 Å². The van der Waals surface area contributed by atoms with E-state index >= 15 is 0 Å². The molecule has 0 radical (unpaired) electrons. The Balaban J connectivity index is 1.70. The van der Waals surface area contributed by atoms with Gasteiger partial charge in [0.1, 0.15) is 12.4 Å². The minimum atomic E-state index is -0.459. The molecule has 108 valence electrons. The number of halogens is 1. The van der Waals surface area contributed by atoms with Crippen LogP contribution in [-0.4, -0.2) is 17.9 Å². The van der Waals surface area contributed by atoms with Crippen molar-refractivity contribution in [1.29, 1.82) is 0 Å². The zero-order chi connectivity index (χ0) is 14.8. The lowest BCUT2D eigenvalue weighted by Crippen LogP contribution is -2.05. The maximum atomic E-state index is 11.9. The number of hydrogen-bond acceptors (Lipinski definition) is 5. The smallest absolute Gasteiger partial charge is 0.338 e. The van der Waals surface area contributed by atoms with Gasteiger partial charge in [-0.1, -0.05) is 15.9 Å². The fourth-order valence-electron chi connectivity index (χ4n) is 1.89. The van der Waals surface area contributed by atoms with Crippen LogP contribution in [0.4, 0.5) is 0 Å². The lowest BCUT2D eigenvalue weighted by Gasteiger charge is -2.08. The van der Waals surface area contributed by atoms with Gasteiger partial charge in [-0.3, -0.25) is 0 Å². The van der Waals surface area contributed by atoms with Crippen molar-refractivity contribution in [2.75, 3.05) is 6.79 Å². The molecule has 1 aliphatic heterocycles. The van der Waals surface area contributed by atoms with Crippen molar-refractivity contribution >= 4 is 21.9 Å². The summed E-state index contributed by atoms with van der Waals surface area (Å²) in [6.07, 6.45) is 0. The van der Waals surface area contributed by atoms with E-state index < -0.39 is 5.97 Å². The summed E-state index contributed by atoms with van der Waals surface area (Å²) in [5, 5.41) is 9.19. The van der Waals surface area contributed by atoms with Crippen LogP contribution in [0.25, 0.3) is 0 Å². The van der Waals surface area contributed by atoms with Crippen LogP contribution in [0, 0.1) is 0 Å². The van der Waals surface area contributed by atoms with Gasteiger partial charge in [0.2, 0.25) is 6.79 Å². The topological polar surface area (TPSA) is 65.0 Å². The summed E-state index contributed by atoms with van der Waals surface area (Å²) in [4.78, 5) is 11.9. The van der Waals surface area contributed by atoms with Crippen molar-refractivity contribution in [2.45, 2.75) is 6.61 Å². The molecule has 1 heterocycles. The highest BCUT2D eigenvalue weighted by Gasteiger charge is 2.17. The Morgan fingerprint density at radius 3 is 2.57 bits per heavy atom.